The predicted molar refractivity (Wildman–Crippen MR) is 339 cm³/mol. The fraction of sp³-hybridized carbons (Fsp3) is 0.764. The van der Waals surface area contributed by atoms with E-state index in [0.717, 1.165) is 103 Å². The lowest BCUT2D eigenvalue weighted by Crippen LogP contribution is -2.30. The Balaban J connectivity index is 4.39. The van der Waals surface area contributed by atoms with Crippen LogP contribution < -0.4 is 0 Å². The summed E-state index contributed by atoms with van der Waals surface area (Å²) in [6.45, 7) is 6.61. The van der Waals surface area contributed by atoms with Gasteiger partial charge in [-0.15, -0.1) is 0 Å². The van der Waals surface area contributed by atoms with E-state index in [0.29, 0.717) is 19.3 Å². The molecule has 0 fully saturated rings. The van der Waals surface area contributed by atoms with Crippen LogP contribution in [0.15, 0.2) is 85.1 Å². The normalized spacial score (nSPS) is 12.6. The molecule has 0 saturated carbocycles. The molecular formula is C72H126O6. The van der Waals surface area contributed by atoms with Crippen LogP contribution in [-0.4, -0.2) is 37.2 Å². The van der Waals surface area contributed by atoms with Gasteiger partial charge in [0.25, 0.3) is 0 Å². The minimum atomic E-state index is -0.790. The largest absolute Gasteiger partial charge is 0.462 e. The summed E-state index contributed by atoms with van der Waals surface area (Å²) in [5.74, 6) is -0.893. The molecule has 0 rings (SSSR count). The molecule has 1 atom stereocenters. The summed E-state index contributed by atoms with van der Waals surface area (Å²) in [6.07, 6.45) is 87.2. The van der Waals surface area contributed by atoms with E-state index >= 15 is 0 Å². The monoisotopic (exact) mass is 1090 g/mol. The van der Waals surface area contributed by atoms with E-state index in [-0.39, 0.29) is 31.1 Å². The first kappa shape index (κ1) is 74.6. The van der Waals surface area contributed by atoms with E-state index in [4.69, 9.17) is 14.2 Å². The van der Waals surface area contributed by atoms with E-state index in [1.165, 1.54) is 193 Å². The van der Waals surface area contributed by atoms with Crippen molar-refractivity contribution in [3.8, 4) is 0 Å². The van der Waals surface area contributed by atoms with E-state index in [9.17, 15) is 14.4 Å². The van der Waals surface area contributed by atoms with E-state index < -0.39 is 6.10 Å². The topological polar surface area (TPSA) is 78.9 Å². The highest BCUT2D eigenvalue weighted by Crippen LogP contribution is 2.16. The second kappa shape index (κ2) is 66.1. The standard InChI is InChI=1S/C72H126O6/c1-4-7-10-13-16-19-22-25-28-31-34-35-36-37-39-41-44-47-50-53-56-59-62-65-71(74)77-68-69(67-76-70(73)64-61-58-55-52-49-46-43-40-33-30-27-24-21-18-15-12-9-6-3)78-72(75)66-63-60-57-54-51-48-45-42-38-32-29-26-23-20-17-14-11-8-5-2/h17,20-22,24-26,29-31,33-34,38,42,69H,4-16,18-19,23,27-28,32,35-37,39-41,43-68H2,1-3H3/b20-17-,24-21-,25-22-,29-26-,33-30-,34-31-,42-38-. The number of unbranched alkanes of at least 4 members (excludes halogenated alkanes) is 36. The number of carbonyl (C=O) groups is 3. The van der Waals surface area contributed by atoms with Crippen LogP contribution in [0.5, 0.6) is 0 Å². The molecule has 0 aliphatic rings. The average Bonchev–Trinajstić information content (AvgIpc) is 3.44. The average molecular weight is 1090 g/mol. The highest BCUT2D eigenvalue weighted by molar-refractivity contribution is 5.71. The zero-order valence-corrected chi connectivity index (χ0v) is 51.7. The summed E-state index contributed by atoms with van der Waals surface area (Å²) in [6, 6.07) is 0. The van der Waals surface area contributed by atoms with Gasteiger partial charge >= 0.3 is 17.9 Å². The SMILES string of the molecule is CCCCC/C=C\C/C=C\C/C=C\CCCCCCCCC(=O)OC(COC(=O)CCCCCCCCC/C=C\C/C=C\CCCCCC)COC(=O)CCCCCCCCCCCCC/C=C\C/C=C\CCCCCCC. The van der Waals surface area contributed by atoms with Gasteiger partial charge in [0, 0.05) is 19.3 Å². The molecule has 0 aromatic heterocycles. The van der Waals surface area contributed by atoms with Gasteiger partial charge in [-0.05, 0) is 122 Å². The smallest absolute Gasteiger partial charge is 0.306 e. The van der Waals surface area contributed by atoms with Crippen LogP contribution in [0.3, 0.4) is 0 Å². The van der Waals surface area contributed by atoms with Gasteiger partial charge < -0.3 is 14.2 Å². The lowest BCUT2D eigenvalue weighted by molar-refractivity contribution is -0.167. The van der Waals surface area contributed by atoms with Crippen LogP contribution in [0.2, 0.25) is 0 Å². The van der Waals surface area contributed by atoms with Gasteiger partial charge in [0.2, 0.25) is 0 Å². The minimum absolute atomic E-state index is 0.0845. The maximum atomic E-state index is 12.9. The molecule has 0 saturated heterocycles. The molecule has 6 heteroatoms. The number of rotatable bonds is 61. The van der Waals surface area contributed by atoms with Crippen LogP contribution in [0.25, 0.3) is 0 Å². The maximum absolute atomic E-state index is 12.9. The fourth-order valence-corrected chi connectivity index (χ4v) is 9.51. The van der Waals surface area contributed by atoms with Gasteiger partial charge in [0.1, 0.15) is 13.2 Å². The second-order valence-corrected chi connectivity index (χ2v) is 22.4. The summed E-state index contributed by atoms with van der Waals surface area (Å²) in [5, 5.41) is 0. The quantitative estimate of drug-likeness (QED) is 0.0261. The van der Waals surface area contributed by atoms with Gasteiger partial charge in [-0.3, -0.25) is 14.4 Å². The van der Waals surface area contributed by atoms with Gasteiger partial charge in [-0.25, -0.2) is 0 Å². The molecule has 0 spiro atoms. The number of hydrogen-bond acceptors (Lipinski definition) is 6. The van der Waals surface area contributed by atoms with Crippen LogP contribution in [0.4, 0.5) is 0 Å². The zero-order valence-electron chi connectivity index (χ0n) is 51.7. The molecule has 0 bridgehead atoms. The van der Waals surface area contributed by atoms with E-state index in [1.54, 1.807) is 0 Å². The van der Waals surface area contributed by atoms with Crippen molar-refractivity contribution < 1.29 is 28.6 Å². The number of esters is 3. The molecule has 0 aromatic rings. The number of allylic oxidation sites excluding steroid dienone is 14. The highest BCUT2D eigenvalue weighted by Gasteiger charge is 2.19. The molecule has 78 heavy (non-hydrogen) atoms. The molecule has 0 aliphatic heterocycles. The third-order valence-corrected chi connectivity index (χ3v) is 14.6. The minimum Gasteiger partial charge on any atom is -0.462 e. The Morgan fingerprint density at radius 3 is 0.756 bits per heavy atom. The number of hydrogen-bond donors (Lipinski definition) is 0. The van der Waals surface area contributed by atoms with Crippen molar-refractivity contribution in [2.45, 2.75) is 341 Å². The molecule has 6 nitrogen and oxygen atoms in total. The first-order valence-electron chi connectivity index (χ1n) is 33.6. The molecular weight excluding hydrogens is 961 g/mol. The molecule has 1 unspecified atom stereocenters. The molecule has 450 valence electrons. The fourth-order valence-electron chi connectivity index (χ4n) is 9.51. The Morgan fingerprint density at radius 1 is 0.256 bits per heavy atom. The van der Waals surface area contributed by atoms with Crippen molar-refractivity contribution in [3.05, 3.63) is 85.1 Å². The van der Waals surface area contributed by atoms with E-state index in [2.05, 4.69) is 106 Å². The maximum Gasteiger partial charge on any atom is 0.306 e. The Kier molecular flexibility index (Phi) is 63.2. The summed E-state index contributed by atoms with van der Waals surface area (Å²) in [4.78, 5) is 38.4. The van der Waals surface area contributed by atoms with Gasteiger partial charge in [0.15, 0.2) is 6.10 Å². The van der Waals surface area contributed by atoms with Crippen LogP contribution >= 0.6 is 0 Å². The first-order chi connectivity index (χ1) is 38.5. The Hall–Kier alpha value is -3.41. The zero-order chi connectivity index (χ0) is 56.4. The summed E-state index contributed by atoms with van der Waals surface area (Å²) < 4.78 is 17.0. The van der Waals surface area contributed by atoms with Gasteiger partial charge in [-0.1, -0.05) is 279 Å². The molecule has 0 N–H and O–H groups in total. The lowest BCUT2D eigenvalue weighted by atomic mass is 10.0. The van der Waals surface area contributed by atoms with Crippen molar-refractivity contribution in [2.75, 3.05) is 13.2 Å². The third-order valence-electron chi connectivity index (χ3n) is 14.6. The highest BCUT2D eigenvalue weighted by atomic mass is 16.6. The van der Waals surface area contributed by atoms with Crippen LogP contribution in [0.1, 0.15) is 335 Å². The molecule has 0 aliphatic carbocycles. The van der Waals surface area contributed by atoms with Crippen LogP contribution in [0, 0.1) is 0 Å². The van der Waals surface area contributed by atoms with Crippen molar-refractivity contribution in [1.29, 1.82) is 0 Å². The summed E-state index contributed by atoms with van der Waals surface area (Å²) in [5.41, 5.74) is 0. The molecule has 0 amide bonds. The first-order valence-corrected chi connectivity index (χ1v) is 33.6. The third kappa shape index (κ3) is 63.4. The van der Waals surface area contributed by atoms with Crippen LogP contribution in [-0.2, 0) is 28.6 Å². The Labute approximate surface area is 484 Å². The number of ether oxygens (including phenoxy) is 3. The van der Waals surface area contributed by atoms with Crippen molar-refractivity contribution in [1.82, 2.24) is 0 Å². The lowest BCUT2D eigenvalue weighted by Gasteiger charge is -2.18. The second-order valence-electron chi connectivity index (χ2n) is 22.4. The molecule has 0 aromatic carbocycles. The van der Waals surface area contributed by atoms with Crippen molar-refractivity contribution in [2.24, 2.45) is 0 Å². The summed E-state index contributed by atoms with van der Waals surface area (Å²) >= 11 is 0. The predicted octanol–water partition coefficient (Wildman–Crippen LogP) is 23.1. The molecule has 0 radical (unpaired) electrons. The molecule has 0 heterocycles. The summed E-state index contributed by atoms with van der Waals surface area (Å²) in [7, 11) is 0. The van der Waals surface area contributed by atoms with Gasteiger partial charge in [0.05, 0.1) is 0 Å². The Morgan fingerprint density at radius 2 is 0.462 bits per heavy atom. The van der Waals surface area contributed by atoms with Crippen molar-refractivity contribution in [3.63, 3.8) is 0 Å². The number of carbonyl (C=O) groups excluding carboxylic acids is 3. The van der Waals surface area contributed by atoms with Crippen molar-refractivity contribution >= 4 is 17.9 Å². The van der Waals surface area contributed by atoms with E-state index in [1.807, 2.05) is 0 Å². The van der Waals surface area contributed by atoms with Gasteiger partial charge in [-0.2, -0.15) is 0 Å². The Bertz CT molecular complexity index is 1480.